The molecular weight excluding hydrogens is 328 g/mol. The number of nitrogens with two attached hydrogens (primary N) is 1. The Balaban J connectivity index is 2.09. The molecule has 1 aromatic heterocycles. The van der Waals surface area contributed by atoms with Gasteiger partial charge in [0.25, 0.3) is 0 Å². The minimum absolute atomic E-state index is 0.0247. The van der Waals surface area contributed by atoms with Gasteiger partial charge in [-0.3, -0.25) is 4.68 Å². The third-order valence-corrected chi connectivity index (χ3v) is 5.25. The minimum Gasteiger partial charge on any atom is -0.272 e. The van der Waals surface area contributed by atoms with Gasteiger partial charge in [-0.05, 0) is 24.6 Å². The summed E-state index contributed by atoms with van der Waals surface area (Å²) in [6, 6.07) is 5.65. The molecule has 1 heterocycles. The fraction of sp³-hybridized carbons (Fsp3) is 0.250. The average Bonchev–Trinajstić information content (AvgIpc) is 2.94. The highest BCUT2D eigenvalue weighted by molar-refractivity contribution is 7.89. The molecule has 0 bridgehead atoms. The highest BCUT2D eigenvalue weighted by Gasteiger charge is 2.16. The van der Waals surface area contributed by atoms with Gasteiger partial charge in [0.1, 0.15) is 4.90 Å². The Morgan fingerprint density at radius 3 is 2.27 bits per heavy atom. The second-order valence-corrected chi connectivity index (χ2v) is 7.87. The van der Waals surface area contributed by atoms with E-state index in [1.807, 2.05) is 6.92 Å². The zero-order chi connectivity index (χ0) is 16.4. The van der Waals surface area contributed by atoms with Crippen LogP contribution in [0.15, 0.2) is 46.5 Å². The molecule has 120 valence electrons. The summed E-state index contributed by atoms with van der Waals surface area (Å²) >= 11 is 0. The first-order valence-corrected chi connectivity index (χ1v) is 9.39. The number of nitrogens with zero attached hydrogens (tertiary/aromatic N) is 2. The molecular formula is C12H16N4O4S2. The number of hydrogen-bond donors (Lipinski definition) is 2. The van der Waals surface area contributed by atoms with Gasteiger partial charge >= 0.3 is 0 Å². The highest BCUT2D eigenvalue weighted by Crippen LogP contribution is 2.11. The van der Waals surface area contributed by atoms with E-state index in [1.165, 1.54) is 41.3 Å². The van der Waals surface area contributed by atoms with Crippen molar-refractivity contribution in [2.24, 2.45) is 5.14 Å². The number of rotatable bonds is 6. The van der Waals surface area contributed by atoms with Crippen LogP contribution in [0.5, 0.6) is 0 Å². The molecule has 0 aliphatic rings. The molecule has 3 N–H and O–H groups in total. The molecule has 0 aliphatic carbocycles. The lowest BCUT2D eigenvalue weighted by molar-refractivity contribution is 0.580. The second kappa shape index (κ2) is 6.16. The normalized spacial score (nSPS) is 12.5. The zero-order valence-corrected chi connectivity index (χ0v) is 13.4. The van der Waals surface area contributed by atoms with Crippen molar-refractivity contribution in [3.63, 3.8) is 0 Å². The van der Waals surface area contributed by atoms with E-state index in [0.29, 0.717) is 12.1 Å². The van der Waals surface area contributed by atoms with Crippen molar-refractivity contribution in [3.05, 3.63) is 42.2 Å². The van der Waals surface area contributed by atoms with Crippen LogP contribution in [0.1, 0.15) is 12.5 Å². The van der Waals surface area contributed by atoms with Crippen LogP contribution in [0.4, 0.5) is 0 Å². The zero-order valence-electron chi connectivity index (χ0n) is 11.8. The summed E-state index contributed by atoms with van der Waals surface area (Å²) in [5.74, 6) is 0. The van der Waals surface area contributed by atoms with Gasteiger partial charge in [-0.1, -0.05) is 12.1 Å². The molecule has 0 amide bonds. The van der Waals surface area contributed by atoms with Crippen LogP contribution in [0.25, 0.3) is 0 Å². The molecule has 2 rings (SSSR count). The van der Waals surface area contributed by atoms with Gasteiger partial charge in [-0.15, -0.1) is 0 Å². The van der Waals surface area contributed by atoms with E-state index in [4.69, 9.17) is 5.14 Å². The maximum atomic E-state index is 12.1. The van der Waals surface area contributed by atoms with E-state index >= 15 is 0 Å². The van der Waals surface area contributed by atoms with Crippen LogP contribution in [-0.2, 0) is 33.1 Å². The monoisotopic (exact) mass is 344 g/mol. The first kappa shape index (κ1) is 16.6. The van der Waals surface area contributed by atoms with Crippen LogP contribution in [0, 0.1) is 0 Å². The van der Waals surface area contributed by atoms with Crippen molar-refractivity contribution in [2.75, 3.05) is 0 Å². The Hall–Kier alpha value is -1.75. The van der Waals surface area contributed by atoms with Crippen LogP contribution in [0.3, 0.4) is 0 Å². The lowest BCUT2D eigenvalue weighted by Gasteiger charge is -2.05. The summed E-state index contributed by atoms with van der Waals surface area (Å²) in [6.45, 7) is 2.46. The maximum Gasteiger partial charge on any atom is 0.243 e. The van der Waals surface area contributed by atoms with E-state index in [0.717, 1.165) is 0 Å². The molecule has 0 fully saturated rings. The Morgan fingerprint density at radius 2 is 1.77 bits per heavy atom. The summed E-state index contributed by atoms with van der Waals surface area (Å²) in [5.41, 5.74) is 0.610. The van der Waals surface area contributed by atoms with E-state index in [-0.39, 0.29) is 16.3 Å². The molecule has 0 aliphatic heterocycles. The predicted octanol–water partition coefficient (Wildman–Crippen LogP) is 0.0289. The summed E-state index contributed by atoms with van der Waals surface area (Å²) in [7, 11) is -7.42. The summed E-state index contributed by atoms with van der Waals surface area (Å²) in [5, 5.41) is 8.90. The maximum absolute atomic E-state index is 12.1. The van der Waals surface area contributed by atoms with Crippen molar-refractivity contribution in [1.82, 2.24) is 14.5 Å². The predicted molar refractivity (Wildman–Crippen MR) is 79.7 cm³/mol. The van der Waals surface area contributed by atoms with Crippen LogP contribution >= 0.6 is 0 Å². The molecule has 1 aromatic carbocycles. The molecule has 10 heteroatoms. The molecule has 22 heavy (non-hydrogen) atoms. The Morgan fingerprint density at radius 1 is 1.14 bits per heavy atom. The largest absolute Gasteiger partial charge is 0.272 e. The van der Waals surface area contributed by atoms with Crippen molar-refractivity contribution in [1.29, 1.82) is 0 Å². The molecule has 8 nitrogen and oxygen atoms in total. The van der Waals surface area contributed by atoms with E-state index in [2.05, 4.69) is 9.82 Å². The van der Waals surface area contributed by atoms with E-state index < -0.39 is 20.0 Å². The van der Waals surface area contributed by atoms with Crippen molar-refractivity contribution in [2.45, 2.75) is 29.8 Å². The lowest BCUT2D eigenvalue weighted by Crippen LogP contribution is -2.23. The fourth-order valence-electron chi connectivity index (χ4n) is 1.71. The van der Waals surface area contributed by atoms with Crippen molar-refractivity contribution >= 4 is 20.0 Å². The Bertz CT molecular complexity index is 855. The number of benzene rings is 1. The van der Waals surface area contributed by atoms with Gasteiger partial charge in [-0.25, -0.2) is 26.7 Å². The summed E-state index contributed by atoms with van der Waals surface area (Å²) in [4.78, 5) is 0.0545. The molecule has 0 atom stereocenters. The van der Waals surface area contributed by atoms with Gasteiger partial charge in [0.15, 0.2) is 0 Å². The number of sulfonamides is 2. The average molecular weight is 344 g/mol. The standard InChI is InChI=1S/C12H16N4O4S2/c1-2-16-9-12(8-14-16)22(19,20)15-7-10-3-5-11(6-4-10)21(13,17)18/h3-6,8-9,15H,2,7H2,1H3,(H2,13,17,18). The molecule has 0 saturated heterocycles. The number of hydrogen-bond acceptors (Lipinski definition) is 5. The van der Waals surface area contributed by atoms with E-state index in [9.17, 15) is 16.8 Å². The van der Waals surface area contributed by atoms with Crippen LogP contribution in [-0.4, -0.2) is 26.6 Å². The van der Waals surface area contributed by atoms with Gasteiger partial charge < -0.3 is 0 Å². The van der Waals surface area contributed by atoms with Crippen LogP contribution in [0.2, 0.25) is 0 Å². The third-order valence-electron chi connectivity index (χ3n) is 2.96. The SMILES string of the molecule is CCn1cc(S(=O)(=O)NCc2ccc(S(N)(=O)=O)cc2)cn1. The van der Waals surface area contributed by atoms with Crippen LogP contribution < -0.4 is 9.86 Å². The summed E-state index contributed by atoms with van der Waals surface area (Å²) < 4.78 is 50.4. The lowest BCUT2D eigenvalue weighted by atomic mass is 10.2. The third kappa shape index (κ3) is 3.91. The van der Waals surface area contributed by atoms with E-state index in [1.54, 1.807) is 0 Å². The van der Waals surface area contributed by atoms with Crippen molar-refractivity contribution < 1.29 is 16.8 Å². The summed E-state index contributed by atoms with van der Waals surface area (Å²) in [6.07, 6.45) is 2.71. The number of nitrogens with one attached hydrogen (secondary N) is 1. The number of aryl methyl sites for hydroxylation is 1. The van der Waals surface area contributed by atoms with Gasteiger partial charge in [0, 0.05) is 19.3 Å². The minimum atomic E-state index is -3.76. The molecule has 0 spiro atoms. The molecule has 0 saturated carbocycles. The number of aromatic nitrogens is 2. The quantitative estimate of drug-likeness (QED) is 0.765. The first-order chi connectivity index (χ1) is 10.2. The Kier molecular flexibility index (Phi) is 4.66. The molecule has 0 radical (unpaired) electrons. The van der Waals surface area contributed by atoms with Gasteiger partial charge in [0.05, 0.1) is 11.1 Å². The van der Waals surface area contributed by atoms with Gasteiger partial charge in [0.2, 0.25) is 20.0 Å². The number of primary sulfonamides is 1. The smallest absolute Gasteiger partial charge is 0.243 e. The Labute approximate surface area is 129 Å². The highest BCUT2D eigenvalue weighted by atomic mass is 32.2. The van der Waals surface area contributed by atoms with Crippen molar-refractivity contribution in [3.8, 4) is 0 Å². The topological polar surface area (TPSA) is 124 Å². The molecule has 2 aromatic rings. The fourth-order valence-corrected chi connectivity index (χ4v) is 3.20. The van der Waals surface area contributed by atoms with Gasteiger partial charge in [-0.2, -0.15) is 5.10 Å². The molecule has 0 unspecified atom stereocenters. The first-order valence-electron chi connectivity index (χ1n) is 6.36. The second-order valence-electron chi connectivity index (χ2n) is 4.55.